The summed E-state index contributed by atoms with van der Waals surface area (Å²) in [7, 11) is 0. The fourth-order valence-electron chi connectivity index (χ4n) is 2.26. The van der Waals surface area contributed by atoms with Crippen LogP contribution in [-0.2, 0) is 0 Å². The molecule has 5 heteroatoms. The van der Waals surface area contributed by atoms with Crippen molar-refractivity contribution in [3.05, 3.63) is 23.9 Å². The molecule has 1 aromatic rings. The molecule has 1 aliphatic heterocycles. The standard InChI is InChI=1S/C14H22N4O.2C2H6/c1-3-15-14(19)12-5-6-13(16-11-12)18-9-7-17(4-2)8-10-18;2*1-2/h5-6,11H,3-4,7-10H2,1-2H3,(H,15,19);2*1-2H3. The monoisotopic (exact) mass is 322 g/mol. The van der Waals surface area contributed by atoms with Crippen molar-refractivity contribution in [2.24, 2.45) is 0 Å². The topological polar surface area (TPSA) is 48.5 Å². The van der Waals surface area contributed by atoms with Crippen LogP contribution >= 0.6 is 0 Å². The zero-order chi connectivity index (χ0) is 17.7. The highest BCUT2D eigenvalue weighted by Gasteiger charge is 2.16. The molecule has 1 saturated heterocycles. The molecular weight excluding hydrogens is 288 g/mol. The Morgan fingerprint density at radius 2 is 1.70 bits per heavy atom. The third-order valence-corrected chi connectivity index (χ3v) is 3.49. The summed E-state index contributed by atoms with van der Waals surface area (Å²) >= 11 is 0. The summed E-state index contributed by atoms with van der Waals surface area (Å²) in [4.78, 5) is 20.7. The first kappa shape index (κ1) is 21.4. The van der Waals surface area contributed by atoms with Gasteiger partial charge in [0, 0.05) is 38.9 Å². The molecule has 0 saturated carbocycles. The van der Waals surface area contributed by atoms with E-state index in [1.807, 2.05) is 46.8 Å². The zero-order valence-corrected chi connectivity index (χ0v) is 15.7. The van der Waals surface area contributed by atoms with Gasteiger partial charge in [-0.1, -0.05) is 34.6 Å². The Bertz CT molecular complexity index is 412. The number of pyridine rings is 1. The number of hydrogen-bond acceptors (Lipinski definition) is 4. The van der Waals surface area contributed by atoms with E-state index < -0.39 is 0 Å². The lowest BCUT2D eigenvalue weighted by Gasteiger charge is -2.34. The van der Waals surface area contributed by atoms with Crippen LogP contribution in [0.25, 0.3) is 0 Å². The SMILES string of the molecule is CC.CC.CCNC(=O)c1ccc(N2CCN(CC)CC2)nc1. The van der Waals surface area contributed by atoms with Gasteiger partial charge in [-0.25, -0.2) is 4.98 Å². The molecule has 0 radical (unpaired) electrons. The molecular formula is C18H34N4O. The van der Waals surface area contributed by atoms with E-state index in [-0.39, 0.29) is 5.91 Å². The van der Waals surface area contributed by atoms with Gasteiger partial charge in [-0.2, -0.15) is 0 Å². The lowest BCUT2D eigenvalue weighted by molar-refractivity contribution is 0.0955. The molecule has 0 aromatic carbocycles. The van der Waals surface area contributed by atoms with Gasteiger partial charge >= 0.3 is 0 Å². The number of carbonyl (C=O) groups excluding carboxylic acids is 1. The Morgan fingerprint density at radius 3 is 2.13 bits per heavy atom. The second kappa shape index (κ2) is 12.9. The number of hydrogen-bond donors (Lipinski definition) is 1. The van der Waals surface area contributed by atoms with Crippen LogP contribution in [0.4, 0.5) is 5.82 Å². The number of rotatable bonds is 4. The second-order valence-electron chi connectivity index (χ2n) is 4.69. The molecule has 0 aliphatic carbocycles. The summed E-state index contributed by atoms with van der Waals surface area (Å²) in [5, 5.41) is 2.78. The number of nitrogens with one attached hydrogen (secondary N) is 1. The van der Waals surface area contributed by atoms with Crippen molar-refractivity contribution in [1.29, 1.82) is 0 Å². The van der Waals surface area contributed by atoms with E-state index in [2.05, 4.69) is 27.0 Å². The highest BCUT2D eigenvalue weighted by atomic mass is 16.1. The van der Waals surface area contributed by atoms with Gasteiger partial charge in [-0.3, -0.25) is 4.79 Å². The van der Waals surface area contributed by atoms with Gasteiger partial charge in [-0.15, -0.1) is 0 Å². The molecule has 1 fully saturated rings. The minimum atomic E-state index is -0.0580. The van der Waals surface area contributed by atoms with Gasteiger partial charge in [0.2, 0.25) is 0 Å². The lowest BCUT2D eigenvalue weighted by Crippen LogP contribution is -2.46. The van der Waals surface area contributed by atoms with E-state index in [1.165, 1.54) is 0 Å². The number of nitrogens with zero attached hydrogens (tertiary/aromatic N) is 3. The van der Waals surface area contributed by atoms with Crippen molar-refractivity contribution in [3.63, 3.8) is 0 Å². The van der Waals surface area contributed by atoms with Gasteiger partial charge in [0.15, 0.2) is 0 Å². The van der Waals surface area contributed by atoms with Crippen LogP contribution in [0.3, 0.4) is 0 Å². The summed E-state index contributed by atoms with van der Waals surface area (Å²) < 4.78 is 0. The Labute approximate surface area is 142 Å². The molecule has 1 aliphatic rings. The van der Waals surface area contributed by atoms with E-state index >= 15 is 0 Å². The van der Waals surface area contributed by atoms with Crippen LogP contribution in [0.15, 0.2) is 18.3 Å². The van der Waals surface area contributed by atoms with Crippen molar-refractivity contribution in [1.82, 2.24) is 15.2 Å². The molecule has 1 amide bonds. The number of likely N-dealkylation sites (N-methyl/N-ethyl adjacent to an activating group) is 1. The number of aromatic nitrogens is 1. The number of carbonyl (C=O) groups is 1. The number of anilines is 1. The molecule has 0 spiro atoms. The van der Waals surface area contributed by atoms with E-state index in [1.54, 1.807) is 6.20 Å². The Morgan fingerprint density at radius 1 is 1.09 bits per heavy atom. The van der Waals surface area contributed by atoms with Crippen molar-refractivity contribution >= 4 is 11.7 Å². The van der Waals surface area contributed by atoms with E-state index in [0.717, 1.165) is 38.5 Å². The first-order valence-electron chi connectivity index (χ1n) is 8.96. The summed E-state index contributed by atoms with van der Waals surface area (Å²) in [6.07, 6.45) is 1.66. The van der Waals surface area contributed by atoms with Gasteiger partial charge in [0.25, 0.3) is 5.91 Å². The maximum Gasteiger partial charge on any atom is 0.252 e. The van der Waals surface area contributed by atoms with Crippen LogP contribution in [0.2, 0.25) is 0 Å². The van der Waals surface area contributed by atoms with Crippen LogP contribution < -0.4 is 10.2 Å². The van der Waals surface area contributed by atoms with Crippen LogP contribution in [-0.4, -0.2) is 55.1 Å². The Kier molecular flexibility index (Phi) is 12.0. The highest BCUT2D eigenvalue weighted by Crippen LogP contribution is 2.13. The average Bonchev–Trinajstić information content (AvgIpc) is 2.65. The fourth-order valence-corrected chi connectivity index (χ4v) is 2.26. The maximum absolute atomic E-state index is 11.6. The fraction of sp³-hybridized carbons (Fsp3) is 0.667. The molecule has 5 nitrogen and oxygen atoms in total. The van der Waals surface area contributed by atoms with E-state index in [4.69, 9.17) is 0 Å². The largest absolute Gasteiger partial charge is 0.354 e. The van der Waals surface area contributed by atoms with Crippen molar-refractivity contribution < 1.29 is 4.79 Å². The highest BCUT2D eigenvalue weighted by molar-refractivity contribution is 5.93. The quantitative estimate of drug-likeness (QED) is 0.926. The van der Waals surface area contributed by atoms with Crippen LogP contribution in [0.5, 0.6) is 0 Å². The van der Waals surface area contributed by atoms with E-state index in [0.29, 0.717) is 12.1 Å². The van der Waals surface area contributed by atoms with Crippen molar-refractivity contribution in [3.8, 4) is 0 Å². The minimum absolute atomic E-state index is 0.0580. The Balaban J connectivity index is 0.00000112. The molecule has 132 valence electrons. The molecule has 1 N–H and O–H groups in total. The molecule has 0 bridgehead atoms. The summed E-state index contributed by atoms with van der Waals surface area (Å²) in [6.45, 7) is 18.0. The molecule has 0 unspecified atom stereocenters. The van der Waals surface area contributed by atoms with E-state index in [9.17, 15) is 4.79 Å². The average molecular weight is 322 g/mol. The third-order valence-electron chi connectivity index (χ3n) is 3.49. The first-order chi connectivity index (χ1) is 11.2. The minimum Gasteiger partial charge on any atom is -0.354 e. The Hall–Kier alpha value is -1.62. The zero-order valence-electron chi connectivity index (χ0n) is 15.7. The van der Waals surface area contributed by atoms with Gasteiger partial charge in [0.1, 0.15) is 5.82 Å². The van der Waals surface area contributed by atoms with Crippen molar-refractivity contribution in [2.75, 3.05) is 44.2 Å². The van der Waals surface area contributed by atoms with Crippen LogP contribution in [0.1, 0.15) is 51.9 Å². The lowest BCUT2D eigenvalue weighted by atomic mass is 10.2. The van der Waals surface area contributed by atoms with Crippen LogP contribution in [0, 0.1) is 0 Å². The normalized spacial score (nSPS) is 14.1. The second-order valence-corrected chi connectivity index (χ2v) is 4.69. The summed E-state index contributed by atoms with van der Waals surface area (Å²) in [5.74, 6) is 0.904. The summed E-state index contributed by atoms with van der Waals surface area (Å²) in [5.41, 5.74) is 0.623. The summed E-state index contributed by atoms with van der Waals surface area (Å²) in [6, 6.07) is 3.78. The van der Waals surface area contributed by atoms with Gasteiger partial charge in [0.05, 0.1) is 5.56 Å². The molecule has 0 atom stereocenters. The predicted octanol–water partition coefficient (Wildman–Crippen LogP) is 3.03. The maximum atomic E-state index is 11.6. The molecule has 2 rings (SSSR count). The van der Waals surface area contributed by atoms with Crippen molar-refractivity contribution in [2.45, 2.75) is 41.5 Å². The predicted molar refractivity (Wildman–Crippen MR) is 99.3 cm³/mol. The molecule has 2 heterocycles. The third kappa shape index (κ3) is 6.99. The molecule has 23 heavy (non-hydrogen) atoms. The van der Waals surface area contributed by atoms with Gasteiger partial charge < -0.3 is 15.1 Å². The van der Waals surface area contributed by atoms with Gasteiger partial charge in [-0.05, 0) is 25.6 Å². The first-order valence-corrected chi connectivity index (χ1v) is 8.96. The number of amides is 1. The number of piperazine rings is 1. The molecule has 1 aromatic heterocycles. The smallest absolute Gasteiger partial charge is 0.252 e.